The Morgan fingerprint density at radius 3 is 2.47 bits per heavy atom. The van der Waals surface area contributed by atoms with Crippen molar-refractivity contribution in [3.63, 3.8) is 0 Å². The van der Waals surface area contributed by atoms with E-state index in [1.807, 2.05) is 0 Å². The number of carbonyl (C=O) groups excluding carboxylic acids is 1. The molecule has 0 aliphatic carbocycles. The highest BCUT2D eigenvalue weighted by Crippen LogP contribution is 2.34. The molecular weight excluding hydrogens is 433 g/mol. The van der Waals surface area contributed by atoms with Crippen LogP contribution in [0.5, 0.6) is 0 Å². The monoisotopic (exact) mass is 455 g/mol. The van der Waals surface area contributed by atoms with Crippen molar-refractivity contribution < 1.29 is 13.9 Å². The number of carbonyl (C=O) groups is 1. The van der Waals surface area contributed by atoms with E-state index in [2.05, 4.69) is 14.9 Å². The Labute approximate surface area is 190 Å². The Morgan fingerprint density at radius 1 is 1.09 bits per heavy atom. The van der Waals surface area contributed by atoms with Crippen LogP contribution in [0.2, 0.25) is 5.02 Å². The van der Waals surface area contributed by atoms with E-state index in [0.29, 0.717) is 54.0 Å². The summed E-state index contributed by atoms with van der Waals surface area (Å²) in [5, 5.41) is 0.450. The van der Waals surface area contributed by atoms with Crippen molar-refractivity contribution >= 4 is 23.3 Å². The van der Waals surface area contributed by atoms with Crippen molar-refractivity contribution in [1.82, 2.24) is 19.9 Å². The Morgan fingerprint density at radius 2 is 1.81 bits per heavy atom. The predicted molar refractivity (Wildman–Crippen MR) is 121 cm³/mol. The van der Waals surface area contributed by atoms with E-state index in [1.54, 1.807) is 48.6 Å². The maximum Gasteiger partial charge on any atom is 0.251 e. The molecule has 32 heavy (non-hydrogen) atoms. The van der Waals surface area contributed by atoms with Gasteiger partial charge in [0.15, 0.2) is 0 Å². The lowest BCUT2D eigenvalue weighted by molar-refractivity contribution is -0.141. The molecule has 3 heterocycles. The summed E-state index contributed by atoms with van der Waals surface area (Å²) in [7, 11) is 1.53. The van der Waals surface area contributed by atoms with Gasteiger partial charge in [-0.15, -0.1) is 0 Å². The summed E-state index contributed by atoms with van der Waals surface area (Å²) in [5.74, 6) is 0.344. The molecule has 3 aromatic rings. The second-order valence-electron chi connectivity index (χ2n) is 7.48. The number of benzene rings is 1. The van der Waals surface area contributed by atoms with Crippen LogP contribution >= 0.6 is 11.6 Å². The van der Waals surface area contributed by atoms with E-state index >= 15 is 0 Å². The molecule has 1 aromatic carbocycles. The number of rotatable bonds is 5. The van der Waals surface area contributed by atoms with Gasteiger partial charge in [0.05, 0.1) is 16.9 Å². The minimum Gasteiger partial charge on any atom is -0.372 e. The van der Waals surface area contributed by atoms with E-state index < -0.39 is 6.10 Å². The molecule has 1 aliphatic rings. The lowest BCUT2D eigenvalue weighted by atomic mass is 10.0. The normalized spacial score (nSPS) is 15.0. The smallest absolute Gasteiger partial charge is 0.251 e. The van der Waals surface area contributed by atoms with Gasteiger partial charge >= 0.3 is 0 Å². The molecule has 0 spiro atoms. The van der Waals surface area contributed by atoms with Crippen LogP contribution in [0.25, 0.3) is 22.5 Å². The highest BCUT2D eigenvalue weighted by atomic mass is 35.5. The van der Waals surface area contributed by atoms with E-state index in [9.17, 15) is 9.18 Å². The number of hydrogen-bond donors (Lipinski definition) is 0. The number of amides is 1. The summed E-state index contributed by atoms with van der Waals surface area (Å²) in [4.78, 5) is 29.9. The zero-order valence-electron chi connectivity index (χ0n) is 17.8. The molecular formula is C23H23ClFN5O2. The summed E-state index contributed by atoms with van der Waals surface area (Å²) in [6.07, 6.45) is 4.44. The second-order valence-corrected chi connectivity index (χ2v) is 7.89. The SMILES string of the molecule is CO[C@@H](C)C(=O)N1CCN(c2cnc(-c3ccc(F)cc3)c(-c3ccncc3Cl)n2)CC1. The maximum absolute atomic E-state index is 13.5. The summed E-state index contributed by atoms with van der Waals surface area (Å²) in [6, 6.07) is 7.89. The number of methoxy groups -OCH3 is 1. The van der Waals surface area contributed by atoms with Gasteiger partial charge in [-0.05, 0) is 37.3 Å². The molecule has 1 saturated heterocycles. The van der Waals surface area contributed by atoms with Gasteiger partial charge in [-0.2, -0.15) is 0 Å². The topological polar surface area (TPSA) is 71.5 Å². The van der Waals surface area contributed by atoms with Gasteiger partial charge in [-0.25, -0.2) is 9.37 Å². The second kappa shape index (κ2) is 9.58. The van der Waals surface area contributed by atoms with Gasteiger partial charge in [0.2, 0.25) is 0 Å². The molecule has 1 amide bonds. The first-order valence-corrected chi connectivity index (χ1v) is 10.6. The van der Waals surface area contributed by atoms with E-state index in [1.165, 1.54) is 19.2 Å². The molecule has 1 fully saturated rings. The first-order valence-electron chi connectivity index (χ1n) is 10.3. The largest absolute Gasteiger partial charge is 0.372 e. The zero-order valence-corrected chi connectivity index (χ0v) is 18.6. The molecule has 0 saturated carbocycles. The van der Waals surface area contributed by atoms with Crippen LogP contribution in [0.1, 0.15) is 6.92 Å². The first-order chi connectivity index (χ1) is 15.5. The van der Waals surface area contributed by atoms with Crippen molar-refractivity contribution in [3.05, 3.63) is 59.8 Å². The fourth-order valence-corrected chi connectivity index (χ4v) is 3.83. The van der Waals surface area contributed by atoms with Crippen molar-refractivity contribution in [2.45, 2.75) is 13.0 Å². The number of anilines is 1. The average molecular weight is 456 g/mol. The van der Waals surface area contributed by atoms with Crippen LogP contribution < -0.4 is 4.90 Å². The molecule has 0 N–H and O–H groups in total. The van der Waals surface area contributed by atoms with Gasteiger partial charge in [0, 0.05) is 56.8 Å². The number of pyridine rings is 1. The fourth-order valence-electron chi connectivity index (χ4n) is 3.62. The first kappa shape index (κ1) is 22.1. The van der Waals surface area contributed by atoms with E-state index in [-0.39, 0.29) is 11.7 Å². The number of aromatic nitrogens is 3. The van der Waals surface area contributed by atoms with Gasteiger partial charge in [0.1, 0.15) is 23.4 Å². The van der Waals surface area contributed by atoms with Crippen LogP contribution in [0.3, 0.4) is 0 Å². The van der Waals surface area contributed by atoms with Crippen LogP contribution in [0, 0.1) is 5.82 Å². The zero-order chi connectivity index (χ0) is 22.7. The van der Waals surface area contributed by atoms with Crippen LogP contribution in [-0.2, 0) is 9.53 Å². The van der Waals surface area contributed by atoms with Crippen LogP contribution in [-0.4, -0.2) is 65.2 Å². The minimum atomic E-state index is -0.461. The number of ether oxygens (including phenoxy) is 1. The van der Waals surface area contributed by atoms with Crippen molar-refractivity contribution in [3.8, 4) is 22.5 Å². The summed E-state index contributed by atoms with van der Waals surface area (Å²) < 4.78 is 18.6. The molecule has 1 atom stereocenters. The predicted octanol–water partition coefficient (Wildman–Crippen LogP) is 3.68. The lowest BCUT2D eigenvalue weighted by Gasteiger charge is -2.36. The highest BCUT2D eigenvalue weighted by molar-refractivity contribution is 6.33. The standard InChI is InChI=1S/C23H23ClFN5O2/c1-15(32-2)23(31)30-11-9-29(10-12-30)20-14-27-21(16-3-5-17(25)6-4-16)22(28-20)18-7-8-26-13-19(18)24/h3-8,13-15H,9-12H2,1-2H3/t15-/m0/s1. The molecule has 7 nitrogen and oxygen atoms in total. The van der Waals surface area contributed by atoms with Gasteiger partial charge < -0.3 is 14.5 Å². The average Bonchev–Trinajstić information content (AvgIpc) is 2.84. The van der Waals surface area contributed by atoms with Gasteiger partial charge in [0.25, 0.3) is 5.91 Å². The Balaban J connectivity index is 1.65. The molecule has 0 bridgehead atoms. The summed E-state index contributed by atoms with van der Waals surface area (Å²) in [5.41, 5.74) is 2.62. The third-order valence-electron chi connectivity index (χ3n) is 5.52. The van der Waals surface area contributed by atoms with Crippen molar-refractivity contribution in [2.75, 3.05) is 38.2 Å². The van der Waals surface area contributed by atoms with Crippen molar-refractivity contribution in [1.29, 1.82) is 0 Å². The van der Waals surface area contributed by atoms with E-state index in [0.717, 1.165) is 5.56 Å². The molecule has 4 rings (SSSR count). The third kappa shape index (κ3) is 4.56. The van der Waals surface area contributed by atoms with Crippen LogP contribution in [0.15, 0.2) is 48.9 Å². The number of hydrogen-bond acceptors (Lipinski definition) is 6. The molecule has 0 unspecified atom stereocenters. The number of piperazine rings is 1. The summed E-state index contributed by atoms with van der Waals surface area (Å²) >= 11 is 6.42. The Bertz CT molecular complexity index is 1100. The molecule has 0 radical (unpaired) electrons. The minimum absolute atomic E-state index is 0.0193. The molecule has 9 heteroatoms. The highest BCUT2D eigenvalue weighted by Gasteiger charge is 2.26. The lowest BCUT2D eigenvalue weighted by Crippen LogP contribution is -2.51. The van der Waals surface area contributed by atoms with Gasteiger partial charge in [-0.1, -0.05) is 11.6 Å². The molecule has 166 valence electrons. The van der Waals surface area contributed by atoms with E-state index in [4.69, 9.17) is 21.3 Å². The quantitative estimate of drug-likeness (QED) is 0.584. The third-order valence-corrected chi connectivity index (χ3v) is 5.82. The maximum atomic E-state index is 13.5. The Kier molecular flexibility index (Phi) is 6.62. The van der Waals surface area contributed by atoms with Gasteiger partial charge in [-0.3, -0.25) is 14.8 Å². The molecule has 2 aromatic heterocycles. The summed E-state index contributed by atoms with van der Waals surface area (Å²) in [6.45, 7) is 4.13. The molecule has 1 aliphatic heterocycles. The van der Waals surface area contributed by atoms with Crippen LogP contribution in [0.4, 0.5) is 10.2 Å². The number of halogens is 2. The number of nitrogens with zero attached hydrogens (tertiary/aromatic N) is 5. The fraction of sp³-hybridized carbons (Fsp3) is 0.304. The Hall–Kier alpha value is -3.10. The van der Waals surface area contributed by atoms with Crippen molar-refractivity contribution in [2.24, 2.45) is 0 Å².